The van der Waals surface area contributed by atoms with Crippen LogP contribution in [0.25, 0.3) is 0 Å². The SMILES string of the molecule is CCCCCCCCCCC(C)c1ccccc1C(=O)C(C(=O)OCC)c1nnn[nH]1. The normalized spacial score (nSPS) is 13.0. The van der Waals surface area contributed by atoms with Crippen LogP contribution in [0.5, 0.6) is 0 Å². The first-order chi connectivity index (χ1) is 15.1. The second-order valence-electron chi connectivity index (χ2n) is 8.09. The van der Waals surface area contributed by atoms with Gasteiger partial charge in [-0.05, 0) is 35.3 Å². The van der Waals surface area contributed by atoms with Gasteiger partial charge in [-0.2, -0.15) is 0 Å². The summed E-state index contributed by atoms with van der Waals surface area (Å²) >= 11 is 0. The minimum Gasteiger partial charge on any atom is -0.465 e. The molecule has 0 saturated heterocycles. The van der Waals surface area contributed by atoms with Crippen LogP contribution in [-0.4, -0.2) is 39.0 Å². The molecule has 7 nitrogen and oxygen atoms in total. The number of rotatable bonds is 15. The molecule has 1 aromatic heterocycles. The highest BCUT2D eigenvalue weighted by atomic mass is 16.5. The Morgan fingerprint density at radius 3 is 2.32 bits per heavy atom. The number of carbonyl (C=O) groups excluding carboxylic acids is 2. The molecular weight excluding hydrogens is 392 g/mol. The maximum Gasteiger partial charge on any atom is 0.324 e. The van der Waals surface area contributed by atoms with Gasteiger partial charge in [0.25, 0.3) is 0 Å². The summed E-state index contributed by atoms with van der Waals surface area (Å²) in [5, 5.41) is 13.4. The predicted molar refractivity (Wildman–Crippen MR) is 120 cm³/mol. The van der Waals surface area contributed by atoms with E-state index in [9.17, 15) is 9.59 Å². The van der Waals surface area contributed by atoms with Crippen molar-refractivity contribution in [3.63, 3.8) is 0 Å². The van der Waals surface area contributed by atoms with Gasteiger partial charge in [0.15, 0.2) is 17.5 Å². The number of hydrogen-bond acceptors (Lipinski definition) is 6. The molecule has 0 aliphatic rings. The summed E-state index contributed by atoms with van der Waals surface area (Å²) in [6.07, 6.45) is 11.2. The predicted octanol–water partition coefficient (Wildman–Crippen LogP) is 5.36. The van der Waals surface area contributed by atoms with Crippen LogP contribution in [0.1, 0.15) is 112 Å². The maximum atomic E-state index is 13.4. The topological polar surface area (TPSA) is 97.8 Å². The van der Waals surface area contributed by atoms with E-state index in [1.165, 1.54) is 44.9 Å². The number of unbranched alkanes of at least 4 members (excludes halogenated alkanes) is 7. The Morgan fingerprint density at radius 2 is 1.68 bits per heavy atom. The number of nitrogens with one attached hydrogen (secondary N) is 1. The van der Waals surface area contributed by atoms with Gasteiger partial charge in [-0.25, -0.2) is 5.10 Å². The number of Topliss-reactive ketones (excluding diaryl/α,β-unsaturated/α-hetero) is 1. The van der Waals surface area contributed by atoms with Gasteiger partial charge in [-0.15, -0.1) is 5.10 Å². The van der Waals surface area contributed by atoms with Gasteiger partial charge in [-0.3, -0.25) is 9.59 Å². The highest BCUT2D eigenvalue weighted by molar-refractivity contribution is 6.13. The molecule has 7 heteroatoms. The van der Waals surface area contributed by atoms with Crippen LogP contribution in [0.15, 0.2) is 24.3 Å². The summed E-state index contributed by atoms with van der Waals surface area (Å²) in [5.74, 6) is -1.84. The lowest BCUT2D eigenvalue weighted by Crippen LogP contribution is -2.26. The van der Waals surface area contributed by atoms with Gasteiger partial charge < -0.3 is 4.74 Å². The van der Waals surface area contributed by atoms with Crippen molar-refractivity contribution in [1.82, 2.24) is 20.6 Å². The zero-order valence-corrected chi connectivity index (χ0v) is 19.1. The van der Waals surface area contributed by atoms with E-state index < -0.39 is 11.9 Å². The third-order valence-electron chi connectivity index (χ3n) is 5.67. The molecule has 1 aromatic carbocycles. The number of H-pyrrole nitrogens is 1. The fourth-order valence-electron chi connectivity index (χ4n) is 3.90. The number of esters is 1. The largest absolute Gasteiger partial charge is 0.465 e. The standard InChI is InChI=1S/C24H36N4O3/c1-4-6-7-8-9-10-11-12-15-18(3)19-16-13-14-17-20(19)22(29)21(24(30)31-5-2)23-25-27-28-26-23/h13-14,16-18,21H,4-12,15H2,1-3H3,(H,25,26,27,28). The molecule has 31 heavy (non-hydrogen) atoms. The smallest absolute Gasteiger partial charge is 0.324 e. The van der Waals surface area contributed by atoms with E-state index in [-0.39, 0.29) is 24.1 Å². The van der Waals surface area contributed by atoms with Crippen molar-refractivity contribution in [2.24, 2.45) is 0 Å². The fraction of sp³-hybridized carbons (Fsp3) is 0.625. The number of ketones is 1. The Bertz CT molecular complexity index is 792. The van der Waals surface area contributed by atoms with E-state index in [1.807, 2.05) is 18.2 Å². The Morgan fingerprint density at radius 1 is 1.00 bits per heavy atom. The number of carbonyl (C=O) groups is 2. The van der Waals surface area contributed by atoms with Crippen molar-refractivity contribution >= 4 is 11.8 Å². The number of hydrogen-bond donors (Lipinski definition) is 1. The summed E-state index contributed by atoms with van der Waals surface area (Å²) in [7, 11) is 0. The summed E-state index contributed by atoms with van der Waals surface area (Å²) in [5.41, 5.74) is 1.49. The minimum absolute atomic E-state index is 0.106. The van der Waals surface area contributed by atoms with Crippen molar-refractivity contribution < 1.29 is 14.3 Å². The molecule has 2 unspecified atom stereocenters. The molecule has 2 rings (SSSR count). The highest BCUT2D eigenvalue weighted by Crippen LogP contribution is 2.29. The van der Waals surface area contributed by atoms with Crippen LogP contribution in [-0.2, 0) is 9.53 Å². The van der Waals surface area contributed by atoms with Gasteiger partial charge in [0, 0.05) is 5.56 Å². The van der Waals surface area contributed by atoms with Crippen molar-refractivity contribution in [2.45, 2.75) is 90.4 Å². The van der Waals surface area contributed by atoms with E-state index >= 15 is 0 Å². The second kappa shape index (κ2) is 13.7. The third-order valence-corrected chi connectivity index (χ3v) is 5.67. The summed E-state index contributed by atoms with van der Waals surface area (Å²) in [4.78, 5) is 25.9. The van der Waals surface area contributed by atoms with E-state index in [0.29, 0.717) is 5.56 Å². The van der Waals surface area contributed by atoms with Crippen LogP contribution in [0.3, 0.4) is 0 Å². The monoisotopic (exact) mass is 428 g/mol. The van der Waals surface area contributed by atoms with Crippen LogP contribution in [0, 0.1) is 0 Å². The van der Waals surface area contributed by atoms with Crippen LogP contribution >= 0.6 is 0 Å². The van der Waals surface area contributed by atoms with E-state index in [0.717, 1.165) is 18.4 Å². The number of tetrazole rings is 1. The van der Waals surface area contributed by atoms with E-state index in [2.05, 4.69) is 34.5 Å². The zero-order valence-electron chi connectivity index (χ0n) is 19.1. The van der Waals surface area contributed by atoms with Crippen LogP contribution in [0.4, 0.5) is 0 Å². The van der Waals surface area contributed by atoms with Gasteiger partial charge >= 0.3 is 5.97 Å². The molecule has 0 aliphatic heterocycles. The van der Waals surface area contributed by atoms with Crippen LogP contribution < -0.4 is 0 Å². The number of aromatic nitrogens is 4. The number of benzene rings is 1. The molecule has 2 atom stereocenters. The average molecular weight is 429 g/mol. The molecule has 0 aliphatic carbocycles. The molecule has 0 amide bonds. The van der Waals surface area contributed by atoms with Gasteiger partial charge in [0.2, 0.25) is 0 Å². The molecule has 0 spiro atoms. The molecule has 0 saturated carbocycles. The second-order valence-corrected chi connectivity index (χ2v) is 8.09. The zero-order chi connectivity index (χ0) is 22.5. The van der Waals surface area contributed by atoms with Gasteiger partial charge in [0.1, 0.15) is 0 Å². The van der Waals surface area contributed by atoms with Crippen molar-refractivity contribution in [3.8, 4) is 0 Å². The summed E-state index contributed by atoms with van der Waals surface area (Å²) < 4.78 is 5.12. The number of ether oxygens (including phenoxy) is 1. The molecule has 0 bridgehead atoms. The summed E-state index contributed by atoms with van der Waals surface area (Å²) in [6.45, 7) is 6.27. The van der Waals surface area contributed by atoms with Gasteiger partial charge in [-0.1, -0.05) is 89.5 Å². The van der Waals surface area contributed by atoms with Crippen molar-refractivity contribution in [3.05, 3.63) is 41.2 Å². The first kappa shape index (κ1) is 24.7. The third kappa shape index (κ3) is 7.56. The number of aromatic amines is 1. The first-order valence-electron chi connectivity index (χ1n) is 11.6. The van der Waals surface area contributed by atoms with Gasteiger partial charge in [0.05, 0.1) is 6.61 Å². The minimum atomic E-state index is -1.19. The molecule has 0 fully saturated rings. The van der Waals surface area contributed by atoms with Crippen molar-refractivity contribution in [1.29, 1.82) is 0 Å². The highest BCUT2D eigenvalue weighted by Gasteiger charge is 2.35. The molecular formula is C24H36N4O3. The average Bonchev–Trinajstić information content (AvgIpc) is 3.30. The van der Waals surface area contributed by atoms with Crippen LogP contribution in [0.2, 0.25) is 0 Å². The molecule has 2 aromatic rings. The maximum absolute atomic E-state index is 13.4. The Kier molecular flexibility index (Phi) is 10.9. The lowest BCUT2D eigenvalue weighted by molar-refractivity contribution is -0.143. The lowest BCUT2D eigenvalue weighted by atomic mass is 9.86. The van der Waals surface area contributed by atoms with Crippen molar-refractivity contribution in [2.75, 3.05) is 6.61 Å². The Labute approximate surface area is 185 Å². The lowest BCUT2D eigenvalue weighted by Gasteiger charge is -2.18. The Hall–Kier alpha value is -2.57. The number of nitrogens with zero attached hydrogens (tertiary/aromatic N) is 3. The molecule has 170 valence electrons. The molecule has 1 heterocycles. The quantitative estimate of drug-likeness (QED) is 0.177. The fourth-order valence-corrected chi connectivity index (χ4v) is 3.90. The summed E-state index contributed by atoms with van der Waals surface area (Å²) in [6, 6.07) is 7.51. The first-order valence-corrected chi connectivity index (χ1v) is 11.6. The van der Waals surface area contributed by atoms with E-state index in [4.69, 9.17) is 4.74 Å². The molecule has 0 radical (unpaired) electrons. The van der Waals surface area contributed by atoms with E-state index in [1.54, 1.807) is 13.0 Å². The Balaban J connectivity index is 2.02. The molecule has 1 N–H and O–H groups in total.